The summed E-state index contributed by atoms with van der Waals surface area (Å²) in [6.07, 6.45) is 0. The fourth-order valence-electron chi connectivity index (χ4n) is 1.66. The van der Waals surface area contributed by atoms with Crippen LogP contribution in [0.1, 0.15) is 16.8 Å². The van der Waals surface area contributed by atoms with Crippen molar-refractivity contribution in [1.82, 2.24) is 9.78 Å². The summed E-state index contributed by atoms with van der Waals surface area (Å²) in [5.41, 5.74) is 2.66. The minimum Gasteiger partial charge on any atom is -0.260 e. The first-order valence-electron chi connectivity index (χ1n) is 5.30. The maximum absolute atomic E-state index is 9.14. The summed E-state index contributed by atoms with van der Waals surface area (Å²) in [5, 5.41) is 14.3. The Morgan fingerprint density at radius 3 is 2.65 bits per heavy atom. The lowest BCUT2D eigenvalue weighted by Crippen LogP contribution is -1.93. The number of aryl methyl sites for hydroxylation is 3. The van der Waals surface area contributed by atoms with Crippen LogP contribution < -0.4 is 0 Å². The van der Waals surface area contributed by atoms with Gasteiger partial charge in [0.25, 0.3) is 0 Å². The number of benzene rings is 1. The molecule has 0 atom stereocenters. The van der Waals surface area contributed by atoms with E-state index in [4.69, 9.17) is 5.26 Å². The molecule has 17 heavy (non-hydrogen) atoms. The molecule has 0 bridgehead atoms. The van der Waals surface area contributed by atoms with E-state index in [1.165, 1.54) is 5.56 Å². The molecule has 0 aliphatic carbocycles. The van der Waals surface area contributed by atoms with Gasteiger partial charge in [-0.2, -0.15) is 10.4 Å². The molecule has 1 heterocycles. The molecule has 0 aliphatic rings. The first kappa shape index (κ1) is 11.7. The average molecular weight is 243 g/mol. The second-order valence-electron chi connectivity index (χ2n) is 3.87. The molecule has 2 rings (SSSR count). The lowest BCUT2D eigenvalue weighted by Gasteiger charge is -2.05. The third-order valence-electron chi connectivity index (χ3n) is 2.58. The van der Waals surface area contributed by atoms with Gasteiger partial charge in [0.1, 0.15) is 16.7 Å². The van der Waals surface area contributed by atoms with E-state index in [0.29, 0.717) is 5.56 Å². The zero-order valence-electron chi connectivity index (χ0n) is 10.1. The van der Waals surface area contributed by atoms with Gasteiger partial charge in [-0.15, -0.1) is 0 Å². The van der Waals surface area contributed by atoms with E-state index < -0.39 is 0 Å². The van der Waals surface area contributed by atoms with Crippen molar-refractivity contribution in [1.29, 1.82) is 5.26 Å². The van der Waals surface area contributed by atoms with Gasteiger partial charge in [-0.1, -0.05) is 30.0 Å². The molecule has 4 heteroatoms. The van der Waals surface area contributed by atoms with Crippen LogP contribution in [0.25, 0.3) is 0 Å². The van der Waals surface area contributed by atoms with Gasteiger partial charge in [-0.3, -0.25) is 4.68 Å². The molecular weight excluding hydrogens is 230 g/mol. The molecule has 2 aromatic rings. The van der Waals surface area contributed by atoms with Crippen LogP contribution in [-0.4, -0.2) is 9.78 Å². The Morgan fingerprint density at radius 1 is 1.29 bits per heavy atom. The number of aromatic nitrogens is 2. The summed E-state index contributed by atoms with van der Waals surface area (Å²) in [7, 11) is 1.87. The Labute approximate surface area is 105 Å². The van der Waals surface area contributed by atoms with Gasteiger partial charge in [-0.25, -0.2) is 0 Å². The summed E-state index contributed by atoms with van der Waals surface area (Å²) in [6, 6.07) is 10.4. The highest BCUT2D eigenvalue weighted by molar-refractivity contribution is 7.99. The Bertz CT molecular complexity index is 593. The molecule has 0 spiro atoms. The maximum Gasteiger partial charge on any atom is 0.117 e. The maximum atomic E-state index is 9.14. The molecular formula is C13H13N3S. The summed E-state index contributed by atoms with van der Waals surface area (Å²) in [4.78, 5) is 1.16. The summed E-state index contributed by atoms with van der Waals surface area (Å²) in [6.45, 7) is 3.93. The molecule has 0 radical (unpaired) electrons. The lowest BCUT2D eigenvalue weighted by atomic mass is 10.2. The van der Waals surface area contributed by atoms with Crippen molar-refractivity contribution >= 4 is 11.8 Å². The van der Waals surface area contributed by atoms with Crippen molar-refractivity contribution in [3.63, 3.8) is 0 Å². The van der Waals surface area contributed by atoms with Gasteiger partial charge in [-0.05, 0) is 25.5 Å². The van der Waals surface area contributed by atoms with E-state index in [2.05, 4.69) is 30.2 Å². The van der Waals surface area contributed by atoms with Crippen molar-refractivity contribution in [3.05, 3.63) is 41.1 Å². The summed E-state index contributed by atoms with van der Waals surface area (Å²) in [5.74, 6) is 0. The van der Waals surface area contributed by atoms with Gasteiger partial charge in [0.05, 0.1) is 5.69 Å². The number of hydrogen-bond acceptors (Lipinski definition) is 3. The molecule has 0 aliphatic heterocycles. The number of nitriles is 1. The minimum absolute atomic E-state index is 0.667. The van der Waals surface area contributed by atoms with Gasteiger partial charge < -0.3 is 0 Å². The van der Waals surface area contributed by atoms with Crippen LogP contribution in [0.2, 0.25) is 0 Å². The predicted molar refractivity (Wildman–Crippen MR) is 68.0 cm³/mol. The van der Waals surface area contributed by atoms with Crippen molar-refractivity contribution in [2.75, 3.05) is 0 Å². The molecule has 86 valence electrons. The predicted octanol–water partition coefficient (Wildman–Crippen LogP) is 3.06. The molecule has 0 saturated heterocycles. The molecule has 0 fully saturated rings. The topological polar surface area (TPSA) is 41.6 Å². The second kappa shape index (κ2) is 4.64. The molecule has 0 amide bonds. The van der Waals surface area contributed by atoms with Gasteiger partial charge in [0.2, 0.25) is 0 Å². The monoisotopic (exact) mass is 243 g/mol. The van der Waals surface area contributed by atoms with E-state index >= 15 is 0 Å². The molecule has 3 nitrogen and oxygen atoms in total. The van der Waals surface area contributed by atoms with E-state index in [0.717, 1.165) is 15.6 Å². The highest BCUT2D eigenvalue weighted by Crippen LogP contribution is 2.32. The average Bonchev–Trinajstić information content (AvgIpc) is 2.56. The summed E-state index contributed by atoms with van der Waals surface area (Å²) >= 11 is 1.59. The highest BCUT2D eigenvalue weighted by Gasteiger charge is 2.14. The lowest BCUT2D eigenvalue weighted by molar-refractivity contribution is 0.691. The zero-order chi connectivity index (χ0) is 12.4. The first-order chi connectivity index (χ1) is 8.13. The number of nitrogens with zero attached hydrogens (tertiary/aromatic N) is 3. The second-order valence-corrected chi connectivity index (χ2v) is 4.90. The van der Waals surface area contributed by atoms with Gasteiger partial charge >= 0.3 is 0 Å². The first-order valence-corrected chi connectivity index (χ1v) is 6.12. The Hall–Kier alpha value is -1.73. The van der Waals surface area contributed by atoms with E-state index in [9.17, 15) is 0 Å². The van der Waals surface area contributed by atoms with E-state index in [-0.39, 0.29) is 0 Å². The van der Waals surface area contributed by atoms with Crippen molar-refractivity contribution in [2.45, 2.75) is 23.8 Å². The standard InChI is InChI=1S/C13H13N3S/c1-9-6-4-5-7-12(9)17-13-11(8-14)10(2)15-16(13)3/h4-7H,1-3H3. The summed E-state index contributed by atoms with van der Waals surface area (Å²) < 4.78 is 1.77. The van der Waals surface area contributed by atoms with Crippen molar-refractivity contribution in [2.24, 2.45) is 7.05 Å². The Kier molecular flexibility index (Phi) is 3.21. The van der Waals surface area contributed by atoms with Gasteiger partial charge in [0.15, 0.2) is 0 Å². The van der Waals surface area contributed by atoms with Crippen LogP contribution in [-0.2, 0) is 7.05 Å². The van der Waals surface area contributed by atoms with E-state index in [1.807, 2.05) is 26.1 Å². The van der Waals surface area contributed by atoms with Crippen LogP contribution in [0.5, 0.6) is 0 Å². The van der Waals surface area contributed by atoms with Crippen molar-refractivity contribution < 1.29 is 0 Å². The van der Waals surface area contributed by atoms with Crippen LogP contribution in [0.4, 0.5) is 0 Å². The Morgan fingerprint density at radius 2 is 2.00 bits per heavy atom. The smallest absolute Gasteiger partial charge is 0.117 e. The molecule has 0 unspecified atom stereocenters. The number of rotatable bonds is 2. The Balaban J connectivity index is 2.44. The normalized spacial score (nSPS) is 10.2. The molecule has 1 aromatic carbocycles. The third-order valence-corrected chi connectivity index (χ3v) is 3.92. The zero-order valence-corrected chi connectivity index (χ0v) is 10.9. The van der Waals surface area contributed by atoms with Gasteiger partial charge in [0, 0.05) is 11.9 Å². The molecule has 0 N–H and O–H groups in total. The van der Waals surface area contributed by atoms with Crippen molar-refractivity contribution in [3.8, 4) is 6.07 Å². The van der Waals surface area contributed by atoms with E-state index in [1.54, 1.807) is 16.4 Å². The molecule has 1 aromatic heterocycles. The van der Waals surface area contributed by atoms with Crippen LogP contribution >= 0.6 is 11.8 Å². The minimum atomic E-state index is 0.667. The quantitative estimate of drug-likeness (QED) is 0.814. The van der Waals surface area contributed by atoms with Crippen LogP contribution in [0.3, 0.4) is 0 Å². The van der Waals surface area contributed by atoms with Crippen LogP contribution in [0.15, 0.2) is 34.2 Å². The third kappa shape index (κ3) is 2.20. The molecule has 0 saturated carbocycles. The van der Waals surface area contributed by atoms with Crippen LogP contribution in [0, 0.1) is 25.2 Å². The number of hydrogen-bond donors (Lipinski definition) is 0. The fourth-order valence-corrected chi connectivity index (χ4v) is 2.71. The fraction of sp³-hybridized carbons (Fsp3) is 0.231. The SMILES string of the molecule is Cc1ccccc1Sc1c(C#N)c(C)nn1C. The largest absolute Gasteiger partial charge is 0.260 e. The highest BCUT2D eigenvalue weighted by atomic mass is 32.2.